The maximum atomic E-state index is 13.1. The molecule has 1 aliphatic heterocycles. The van der Waals surface area contributed by atoms with E-state index >= 15 is 0 Å². The van der Waals surface area contributed by atoms with E-state index < -0.39 is 12.1 Å². The summed E-state index contributed by atoms with van der Waals surface area (Å²) in [7, 11) is 0. The first-order valence-electron chi connectivity index (χ1n) is 10.9. The molecule has 2 aromatic rings. The van der Waals surface area contributed by atoms with Crippen molar-refractivity contribution < 1.29 is 14.4 Å². The number of aromatic amines is 1. The number of hydrogen-bond donors (Lipinski definition) is 2. The van der Waals surface area contributed by atoms with E-state index in [1.54, 1.807) is 0 Å². The van der Waals surface area contributed by atoms with Crippen molar-refractivity contribution in [3.8, 4) is 0 Å². The molecular weight excluding hydrogens is 380 g/mol. The van der Waals surface area contributed by atoms with E-state index in [0.29, 0.717) is 6.42 Å². The van der Waals surface area contributed by atoms with Crippen LogP contribution >= 0.6 is 0 Å². The monoisotopic (exact) mass is 410 g/mol. The van der Waals surface area contributed by atoms with E-state index in [1.807, 2.05) is 49.2 Å². The smallest absolute Gasteiger partial charge is 0.325 e. The Kier molecular flexibility index (Phi) is 5.79. The Hall–Kier alpha value is -2.83. The van der Waals surface area contributed by atoms with Gasteiger partial charge in [-0.1, -0.05) is 37.5 Å². The van der Waals surface area contributed by atoms with Gasteiger partial charge in [-0.3, -0.25) is 14.5 Å². The van der Waals surface area contributed by atoms with Crippen LogP contribution in [0.3, 0.4) is 0 Å². The summed E-state index contributed by atoms with van der Waals surface area (Å²) in [4.78, 5) is 44.7. The number of nitrogens with zero attached hydrogens (tertiary/aromatic N) is 2. The Bertz CT molecular complexity index is 945. The number of rotatable bonds is 6. The first-order chi connectivity index (χ1) is 14.5. The Morgan fingerprint density at radius 3 is 2.63 bits per heavy atom. The van der Waals surface area contributed by atoms with Crippen molar-refractivity contribution in [1.29, 1.82) is 0 Å². The first kappa shape index (κ1) is 20.4. The van der Waals surface area contributed by atoms with E-state index in [4.69, 9.17) is 0 Å². The van der Waals surface area contributed by atoms with Gasteiger partial charge in [0.2, 0.25) is 5.91 Å². The van der Waals surface area contributed by atoms with Gasteiger partial charge in [0.15, 0.2) is 0 Å². The van der Waals surface area contributed by atoms with Crippen LogP contribution in [0.4, 0.5) is 4.79 Å². The van der Waals surface area contributed by atoms with Crippen LogP contribution in [0.25, 0.3) is 10.9 Å². The molecule has 1 aromatic carbocycles. The predicted molar refractivity (Wildman–Crippen MR) is 115 cm³/mol. The van der Waals surface area contributed by atoms with Gasteiger partial charge < -0.3 is 15.2 Å². The first-order valence-corrected chi connectivity index (χ1v) is 10.9. The number of carbonyl (C=O) groups excluding carboxylic acids is 3. The molecule has 7 heteroatoms. The molecule has 0 spiro atoms. The summed E-state index contributed by atoms with van der Waals surface area (Å²) in [6.07, 6.45) is 7.71. The van der Waals surface area contributed by atoms with Crippen LogP contribution < -0.4 is 5.32 Å². The number of aromatic nitrogens is 1. The van der Waals surface area contributed by atoms with Crippen LogP contribution in [-0.2, 0) is 16.0 Å². The van der Waals surface area contributed by atoms with Crippen LogP contribution in [0.1, 0.15) is 51.5 Å². The van der Waals surface area contributed by atoms with Crippen molar-refractivity contribution in [1.82, 2.24) is 20.1 Å². The summed E-state index contributed by atoms with van der Waals surface area (Å²) in [5.41, 5.74) is 1.97. The molecule has 0 bridgehead atoms. The largest absolute Gasteiger partial charge is 0.361 e. The summed E-state index contributed by atoms with van der Waals surface area (Å²) in [6.45, 7) is 3.81. The molecular formula is C23H30N4O3. The van der Waals surface area contributed by atoms with Gasteiger partial charge in [0, 0.05) is 35.6 Å². The van der Waals surface area contributed by atoms with Crippen molar-refractivity contribution in [3.05, 3.63) is 36.0 Å². The van der Waals surface area contributed by atoms with Crippen LogP contribution in [0.2, 0.25) is 0 Å². The number of fused-ring (bicyclic) bond motifs is 1. The van der Waals surface area contributed by atoms with Crippen molar-refractivity contribution >= 4 is 28.7 Å². The minimum Gasteiger partial charge on any atom is -0.361 e. The second kappa shape index (κ2) is 8.50. The lowest BCUT2D eigenvalue weighted by Crippen LogP contribution is -2.50. The van der Waals surface area contributed by atoms with Gasteiger partial charge in [0.1, 0.15) is 12.6 Å². The average molecular weight is 411 g/mol. The van der Waals surface area contributed by atoms with Crippen molar-refractivity contribution in [2.75, 3.05) is 6.54 Å². The number of benzene rings is 1. The van der Waals surface area contributed by atoms with Gasteiger partial charge in [0.05, 0.1) is 0 Å². The molecule has 30 heavy (non-hydrogen) atoms. The summed E-state index contributed by atoms with van der Waals surface area (Å²) in [6, 6.07) is 6.99. The fourth-order valence-corrected chi connectivity index (χ4v) is 4.87. The Morgan fingerprint density at radius 2 is 1.90 bits per heavy atom. The SMILES string of the molecule is CC(C)N(C(=O)CN1C(=O)NC(Cc2c[nH]c3ccccc23)C1=O)C1CCCCC1. The van der Waals surface area contributed by atoms with Crippen molar-refractivity contribution in [3.63, 3.8) is 0 Å². The van der Waals surface area contributed by atoms with Crippen LogP contribution in [0.5, 0.6) is 0 Å². The molecule has 0 radical (unpaired) electrons. The molecule has 4 rings (SSSR count). The average Bonchev–Trinajstić information content (AvgIpc) is 3.25. The second-order valence-electron chi connectivity index (χ2n) is 8.68. The molecule has 2 fully saturated rings. The number of para-hydroxylation sites is 1. The number of amides is 4. The minimum absolute atomic E-state index is 0.0448. The summed E-state index contributed by atoms with van der Waals surface area (Å²) in [5.74, 6) is -0.473. The molecule has 2 aliphatic rings. The number of nitrogens with one attached hydrogen (secondary N) is 2. The third-order valence-electron chi connectivity index (χ3n) is 6.31. The zero-order valence-electron chi connectivity index (χ0n) is 17.7. The molecule has 1 unspecified atom stereocenters. The number of imide groups is 1. The fourth-order valence-electron chi connectivity index (χ4n) is 4.87. The van der Waals surface area contributed by atoms with E-state index in [2.05, 4.69) is 10.3 Å². The molecule has 2 N–H and O–H groups in total. The lowest BCUT2D eigenvalue weighted by atomic mass is 9.93. The quantitative estimate of drug-likeness (QED) is 0.717. The molecule has 2 heterocycles. The molecule has 1 atom stereocenters. The maximum absolute atomic E-state index is 13.1. The number of hydrogen-bond acceptors (Lipinski definition) is 3. The third kappa shape index (κ3) is 3.93. The van der Waals surface area contributed by atoms with Gasteiger partial charge >= 0.3 is 6.03 Å². The van der Waals surface area contributed by atoms with Gasteiger partial charge in [-0.25, -0.2) is 4.79 Å². The Labute approximate surface area is 176 Å². The van der Waals surface area contributed by atoms with Gasteiger partial charge in [-0.05, 0) is 38.3 Å². The van der Waals surface area contributed by atoms with Crippen molar-refractivity contribution in [2.45, 2.75) is 70.5 Å². The van der Waals surface area contributed by atoms with Crippen molar-refractivity contribution in [2.24, 2.45) is 0 Å². The van der Waals surface area contributed by atoms with Gasteiger partial charge in [0.25, 0.3) is 5.91 Å². The van der Waals surface area contributed by atoms with E-state index in [1.165, 1.54) is 6.42 Å². The molecule has 7 nitrogen and oxygen atoms in total. The highest BCUT2D eigenvalue weighted by molar-refractivity contribution is 6.06. The van der Waals surface area contributed by atoms with E-state index in [9.17, 15) is 14.4 Å². The minimum atomic E-state index is -0.647. The van der Waals surface area contributed by atoms with Crippen LogP contribution in [0, 0.1) is 0 Å². The van der Waals surface area contributed by atoms with E-state index in [-0.39, 0.29) is 30.4 Å². The molecule has 160 valence electrons. The molecule has 1 aromatic heterocycles. The molecule has 1 saturated carbocycles. The summed E-state index contributed by atoms with van der Waals surface area (Å²) < 4.78 is 0. The van der Waals surface area contributed by atoms with Gasteiger partial charge in [-0.15, -0.1) is 0 Å². The normalized spacial score (nSPS) is 20.2. The highest BCUT2D eigenvalue weighted by Gasteiger charge is 2.40. The lowest BCUT2D eigenvalue weighted by molar-refractivity contribution is -0.141. The van der Waals surface area contributed by atoms with Gasteiger partial charge in [-0.2, -0.15) is 0 Å². The standard InChI is InChI=1S/C23H30N4O3/c1-15(2)27(17-8-4-3-5-9-17)21(28)14-26-22(29)20(25-23(26)30)12-16-13-24-19-11-7-6-10-18(16)19/h6-7,10-11,13,15,17,20,24H,3-5,8-9,12,14H2,1-2H3,(H,25,30). The topological polar surface area (TPSA) is 85.5 Å². The fraction of sp³-hybridized carbons (Fsp3) is 0.522. The third-order valence-corrected chi connectivity index (χ3v) is 6.31. The highest BCUT2D eigenvalue weighted by atomic mass is 16.2. The second-order valence-corrected chi connectivity index (χ2v) is 8.68. The number of carbonyl (C=O) groups is 3. The van der Waals surface area contributed by atoms with Crippen LogP contribution in [0.15, 0.2) is 30.5 Å². The van der Waals surface area contributed by atoms with Crippen LogP contribution in [-0.4, -0.2) is 57.3 Å². The molecule has 1 saturated heterocycles. The highest BCUT2D eigenvalue weighted by Crippen LogP contribution is 2.25. The zero-order chi connectivity index (χ0) is 21.3. The maximum Gasteiger partial charge on any atom is 0.325 e. The predicted octanol–water partition coefficient (Wildman–Crippen LogP) is 3.20. The number of urea groups is 1. The summed E-state index contributed by atoms with van der Waals surface area (Å²) >= 11 is 0. The van der Waals surface area contributed by atoms with E-state index in [0.717, 1.165) is 47.0 Å². The number of H-pyrrole nitrogens is 1. The molecule has 4 amide bonds. The Balaban J connectivity index is 1.45. The molecule has 1 aliphatic carbocycles. The summed E-state index contributed by atoms with van der Waals surface area (Å²) in [5, 5.41) is 3.80. The zero-order valence-corrected chi connectivity index (χ0v) is 17.7. The lowest BCUT2D eigenvalue weighted by Gasteiger charge is -2.38. The Morgan fingerprint density at radius 1 is 1.17 bits per heavy atom.